The molecule has 0 fully saturated rings. The Morgan fingerprint density at radius 1 is 0.617 bits per heavy atom. The number of benzene rings is 4. The molecule has 28 heteroatoms. The number of carboxylic acids is 1. The third-order valence-corrected chi connectivity index (χ3v) is 20.0. The summed E-state index contributed by atoms with van der Waals surface area (Å²) in [5, 5.41) is 14.6. The van der Waals surface area contributed by atoms with Gasteiger partial charge in [0.2, 0.25) is 11.8 Å². The Kier molecular flexibility index (Phi) is 16.9. The quantitative estimate of drug-likeness (QED) is 0.0265. The van der Waals surface area contributed by atoms with Gasteiger partial charge in [-0.15, -0.1) is 0 Å². The highest BCUT2D eigenvalue weighted by Gasteiger charge is 2.54. The highest BCUT2D eigenvalue weighted by Crippen LogP contribution is 2.56. The van der Waals surface area contributed by atoms with Gasteiger partial charge in [-0.2, -0.15) is 42.1 Å². The van der Waals surface area contributed by atoms with Crippen LogP contribution >= 0.6 is 0 Å². The Morgan fingerprint density at radius 2 is 1.15 bits per heavy atom. The van der Waals surface area contributed by atoms with E-state index in [1.54, 1.807) is 56.4 Å². The van der Waals surface area contributed by atoms with Gasteiger partial charge >= 0.3 is 5.97 Å². The molecule has 3 aliphatic rings. The second-order valence-electron chi connectivity index (χ2n) is 21.5. The molecule has 2 heterocycles. The smallest absolute Gasteiger partial charge is 0.303 e. The summed E-state index contributed by atoms with van der Waals surface area (Å²) in [7, 11) is -24.8. The van der Waals surface area contributed by atoms with Gasteiger partial charge < -0.3 is 25.5 Å². The Morgan fingerprint density at radius 3 is 1.64 bits per heavy atom. The Hall–Kier alpha value is -6.08. The fourth-order valence-electron chi connectivity index (χ4n) is 11.7. The van der Waals surface area contributed by atoms with E-state index in [9.17, 15) is 79.2 Å². The molecule has 440 valence electrons. The number of allylic oxidation sites excluding steroid dienone is 7. The largest absolute Gasteiger partial charge is 0.481 e. The van der Waals surface area contributed by atoms with E-state index in [1.807, 2.05) is 44.4 Å². The molecule has 8 N–H and O–H groups in total. The summed E-state index contributed by atoms with van der Waals surface area (Å²) in [6.45, 7) is 12.7. The second kappa shape index (κ2) is 21.9. The number of rotatable bonds is 20. The third-order valence-electron chi connectivity index (χ3n) is 15.8. The van der Waals surface area contributed by atoms with Crippen LogP contribution < -0.4 is 20.4 Å². The maximum Gasteiger partial charge on any atom is 0.303 e. The summed E-state index contributed by atoms with van der Waals surface area (Å²) >= 11 is 0. The second-order valence-corrected chi connectivity index (χ2v) is 28.7. The fourth-order valence-corrected chi connectivity index (χ4v) is 14.7. The number of amides is 2. The molecule has 7 rings (SSSR count). The SMILES string of the molecule is CCN1/C(=C/C=C2C=C(/C=C/C3(C)N(CC)c4ccc5c(S(=O)(=O)O)cc(S(=O)(=O)O)cc5c4C3(C)C)CC(C(=O)NCCCCCC(=O)O)(C(=O)NCCS(=O)(=O)O)C/2)C(C)(C)c2c1ccc1c(S(=O)(=O)O)cc(S(=O)(=O)O)cc21. The van der Waals surface area contributed by atoms with E-state index in [-0.39, 0.29) is 53.9 Å². The number of likely N-dealkylation sites (N-methyl/N-ethyl adjacent to an activating group) is 2. The number of aliphatic carboxylic acids is 1. The average molecular weight is 1220 g/mol. The first-order chi connectivity index (χ1) is 37.2. The van der Waals surface area contributed by atoms with Crippen LogP contribution in [0.25, 0.3) is 21.5 Å². The molecule has 81 heavy (non-hydrogen) atoms. The van der Waals surface area contributed by atoms with E-state index in [2.05, 4.69) is 10.6 Å². The molecule has 0 aromatic heterocycles. The zero-order valence-electron chi connectivity index (χ0n) is 45.2. The summed E-state index contributed by atoms with van der Waals surface area (Å²) in [6, 6.07) is 9.58. The van der Waals surface area contributed by atoms with Crippen molar-refractivity contribution in [2.45, 2.75) is 123 Å². The number of anilines is 2. The summed E-state index contributed by atoms with van der Waals surface area (Å²) in [5.74, 6) is -3.61. The molecule has 4 aromatic carbocycles. The number of carbonyl (C=O) groups is 3. The van der Waals surface area contributed by atoms with Crippen LogP contribution in [0.4, 0.5) is 11.4 Å². The van der Waals surface area contributed by atoms with Crippen molar-refractivity contribution in [1.82, 2.24) is 10.6 Å². The third kappa shape index (κ3) is 12.1. The summed E-state index contributed by atoms with van der Waals surface area (Å²) in [6.07, 6.45) is 8.83. The maximum atomic E-state index is 14.9. The highest BCUT2D eigenvalue weighted by molar-refractivity contribution is 7.87. The average Bonchev–Trinajstić information content (AvgIpc) is 2.84. The predicted octanol–water partition coefficient (Wildman–Crippen LogP) is 6.51. The van der Waals surface area contributed by atoms with E-state index in [0.29, 0.717) is 77.3 Å². The maximum absolute atomic E-state index is 14.9. The van der Waals surface area contributed by atoms with Crippen molar-refractivity contribution in [3.8, 4) is 0 Å². The van der Waals surface area contributed by atoms with E-state index >= 15 is 0 Å². The zero-order chi connectivity index (χ0) is 60.4. The van der Waals surface area contributed by atoms with Crippen molar-refractivity contribution in [3.63, 3.8) is 0 Å². The number of fused-ring (bicyclic) bond motifs is 6. The van der Waals surface area contributed by atoms with Crippen molar-refractivity contribution < 1.29 is 84.3 Å². The van der Waals surface area contributed by atoms with Gasteiger partial charge in [-0.1, -0.05) is 70.6 Å². The first-order valence-corrected chi connectivity index (χ1v) is 32.8. The van der Waals surface area contributed by atoms with Crippen molar-refractivity contribution in [1.29, 1.82) is 0 Å². The lowest BCUT2D eigenvalue weighted by molar-refractivity contribution is -0.144. The van der Waals surface area contributed by atoms with Gasteiger partial charge in [0.25, 0.3) is 50.6 Å². The molecule has 2 unspecified atom stereocenters. The van der Waals surface area contributed by atoms with Gasteiger partial charge in [0.15, 0.2) is 0 Å². The molecule has 0 radical (unpaired) electrons. The van der Waals surface area contributed by atoms with Crippen LogP contribution in [0.3, 0.4) is 0 Å². The van der Waals surface area contributed by atoms with Gasteiger partial charge in [0.1, 0.15) is 15.2 Å². The number of hydrogen-bond donors (Lipinski definition) is 8. The van der Waals surface area contributed by atoms with Gasteiger partial charge in [0.05, 0.1) is 21.1 Å². The van der Waals surface area contributed by atoms with Crippen LogP contribution in [0.1, 0.15) is 98.1 Å². The van der Waals surface area contributed by atoms with Crippen LogP contribution in [-0.2, 0) is 75.8 Å². The molecule has 0 spiro atoms. The molecule has 1 aliphatic carbocycles. The predicted molar refractivity (Wildman–Crippen MR) is 301 cm³/mol. The monoisotopic (exact) mass is 1220 g/mol. The van der Waals surface area contributed by atoms with Crippen LogP contribution in [0, 0.1) is 5.41 Å². The molecular weight excluding hydrogens is 1160 g/mol. The number of hydrogen-bond acceptors (Lipinski definition) is 15. The first-order valence-electron chi connectivity index (χ1n) is 25.5. The number of carboxylic acid groups (broad SMARTS) is 1. The van der Waals surface area contributed by atoms with Crippen LogP contribution in [0.2, 0.25) is 0 Å². The zero-order valence-corrected chi connectivity index (χ0v) is 49.3. The summed E-state index contributed by atoms with van der Waals surface area (Å²) in [4.78, 5) is 41.6. The first kappa shape index (κ1) is 62.5. The fraction of sp³-hybridized carbons (Fsp3) is 0.415. The minimum atomic E-state index is -5.06. The Balaban J connectivity index is 1.43. The lowest BCUT2D eigenvalue weighted by Crippen LogP contribution is -2.53. The lowest BCUT2D eigenvalue weighted by Gasteiger charge is -2.43. The minimum Gasteiger partial charge on any atom is -0.481 e. The molecular formula is C53H64N4O19S5. The van der Waals surface area contributed by atoms with Gasteiger partial charge in [-0.05, 0) is 122 Å². The molecule has 0 bridgehead atoms. The van der Waals surface area contributed by atoms with Crippen molar-refractivity contribution in [2.75, 3.05) is 41.7 Å². The Bertz CT molecular complexity index is 4040. The number of carbonyl (C=O) groups excluding carboxylic acids is 2. The van der Waals surface area contributed by atoms with Gasteiger partial charge in [-0.25, -0.2) is 0 Å². The van der Waals surface area contributed by atoms with Gasteiger partial charge in [-0.3, -0.25) is 37.1 Å². The number of nitrogens with one attached hydrogen (secondary N) is 2. The molecule has 0 saturated heterocycles. The van der Waals surface area contributed by atoms with Gasteiger partial charge in [0, 0.05) is 71.3 Å². The van der Waals surface area contributed by atoms with Crippen molar-refractivity contribution in [3.05, 3.63) is 107 Å². The summed E-state index contributed by atoms with van der Waals surface area (Å²) < 4.78 is 175. The summed E-state index contributed by atoms with van der Waals surface area (Å²) in [5.41, 5.74) is -2.20. The van der Waals surface area contributed by atoms with Crippen molar-refractivity contribution >= 4 is 101 Å². The topological polar surface area (TPSA) is 374 Å². The van der Waals surface area contributed by atoms with E-state index < -0.39 is 122 Å². The highest BCUT2D eigenvalue weighted by atomic mass is 32.2. The Labute approximate surface area is 470 Å². The lowest BCUT2D eigenvalue weighted by atomic mass is 9.68. The van der Waals surface area contributed by atoms with E-state index in [0.717, 1.165) is 12.1 Å². The molecule has 2 amide bonds. The molecule has 2 aliphatic heterocycles. The number of unbranched alkanes of at least 4 members (excludes halogenated alkanes) is 2. The van der Waals surface area contributed by atoms with E-state index in [1.165, 1.54) is 12.1 Å². The van der Waals surface area contributed by atoms with E-state index in [4.69, 9.17) is 5.11 Å². The normalized spacial score (nSPS) is 21.2. The molecule has 4 aromatic rings. The van der Waals surface area contributed by atoms with Crippen molar-refractivity contribution in [2.24, 2.45) is 5.41 Å². The molecule has 23 nitrogen and oxygen atoms in total. The molecule has 0 saturated carbocycles. The molecule has 2 atom stereocenters. The minimum absolute atomic E-state index is 0.00345. The number of nitrogens with zero attached hydrogens (tertiary/aromatic N) is 2. The van der Waals surface area contributed by atoms with Crippen LogP contribution in [-0.4, -0.2) is 125 Å². The van der Waals surface area contributed by atoms with Crippen LogP contribution in [0.5, 0.6) is 0 Å². The standard InChI is InChI=1S/C53H64N4O19S5/c1-8-56-40-17-15-36-38(26-34(78(65,66)67)28-42(36)80(71,72)73)46(40)50(3,4)44(56)19-14-32-25-33(31-53(30-32,49(61)55-23-24-77(62,63)64)48(60)54-22-12-10-11-13-45(58)59)20-21-52(7)51(5,6)47-39-27-35(79(68,69)70)29-43(81(74,75)76)37(39)16-18-41(47)57(52)9-2/h14-21,25-29H,8-13,22-24,30-31H2,1-7H3,(H,54,60)(H,55,61)(H,58,59)(H,62,63,64)(H,65,66,67)(H,68,69,70)(H,71,72,73)(H,74,75,76)/b21-20+,32-14-,44-19+. The van der Waals surface area contributed by atoms with Crippen LogP contribution in [0.15, 0.2) is 115 Å².